The molecule has 1 aliphatic heterocycles. The molecule has 17 heavy (non-hydrogen) atoms. The smallest absolute Gasteiger partial charge is 0.120 e. The van der Waals surface area contributed by atoms with Crippen LogP contribution in [0.5, 0.6) is 0 Å². The molecule has 3 rings (SSSR count). The first-order valence-corrected chi connectivity index (χ1v) is 5.55. The van der Waals surface area contributed by atoms with Crippen molar-refractivity contribution in [1.29, 1.82) is 0 Å². The number of ether oxygens (including phenoxy) is 1. The first kappa shape index (κ1) is 12.4. The van der Waals surface area contributed by atoms with Crippen LogP contribution in [0.2, 0.25) is 0 Å². The maximum Gasteiger partial charge on any atom is 0.120 e. The number of fused-ring (bicyclic) bond motifs is 3. The Morgan fingerprint density at radius 1 is 1.47 bits per heavy atom. The predicted molar refractivity (Wildman–Crippen MR) is 69.3 cm³/mol. The van der Waals surface area contributed by atoms with Crippen LogP contribution >= 0.6 is 12.4 Å². The van der Waals surface area contributed by atoms with E-state index in [0.29, 0.717) is 13.2 Å². The van der Waals surface area contributed by atoms with Crippen LogP contribution in [0.25, 0.3) is 10.9 Å². The van der Waals surface area contributed by atoms with E-state index in [1.165, 1.54) is 0 Å². The molecule has 1 unspecified atom stereocenters. The Bertz CT molecular complexity index is 540. The summed E-state index contributed by atoms with van der Waals surface area (Å²) in [5, 5.41) is 5.73. The minimum absolute atomic E-state index is 0. The summed E-state index contributed by atoms with van der Waals surface area (Å²) in [4.78, 5) is 0. The molecule has 0 aliphatic carbocycles. The molecule has 92 valence electrons. The number of hydrogen-bond donors (Lipinski definition) is 1. The van der Waals surface area contributed by atoms with Gasteiger partial charge in [0.1, 0.15) is 5.60 Å². The maximum absolute atomic E-state index is 5.84. The molecule has 2 N–H and O–H groups in total. The zero-order valence-corrected chi connectivity index (χ0v) is 10.5. The number of nitrogens with two attached hydrogens (primary N) is 1. The van der Waals surface area contributed by atoms with Gasteiger partial charge in [0.15, 0.2) is 0 Å². The van der Waals surface area contributed by atoms with Gasteiger partial charge in [0.05, 0.1) is 24.4 Å². The third-order valence-corrected chi connectivity index (χ3v) is 3.26. The van der Waals surface area contributed by atoms with E-state index in [1.807, 2.05) is 29.8 Å². The summed E-state index contributed by atoms with van der Waals surface area (Å²) in [6.07, 6.45) is 0. The molecule has 0 saturated carbocycles. The van der Waals surface area contributed by atoms with Crippen LogP contribution in [0.3, 0.4) is 0 Å². The lowest BCUT2D eigenvalue weighted by Crippen LogP contribution is -2.41. The van der Waals surface area contributed by atoms with Gasteiger partial charge >= 0.3 is 0 Å². The highest BCUT2D eigenvalue weighted by molar-refractivity contribution is 5.85. The van der Waals surface area contributed by atoms with Gasteiger partial charge < -0.3 is 10.5 Å². The van der Waals surface area contributed by atoms with Crippen molar-refractivity contribution in [1.82, 2.24) is 9.78 Å². The van der Waals surface area contributed by atoms with Gasteiger partial charge in [-0.2, -0.15) is 5.10 Å². The Morgan fingerprint density at radius 3 is 3.00 bits per heavy atom. The van der Waals surface area contributed by atoms with Crippen molar-refractivity contribution in [3.63, 3.8) is 0 Å². The van der Waals surface area contributed by atoms with E-state index < -0.39 is 5.60 Å². The van der Waals surface area contributed by atoms with Crippen molar-refractivity contribution >= 4 is 23.3 Å². The Kier molecular flexibility index (Phi) is 3.12. The van der Waals surface area contributed by atoms with Crippen molar-refractivity contribution in [3.8, 4) is 0 Å². The molecule has 1 aliphatic rings. The number of benzene rings is 1. The van der Waals surface area contributed by atoms with E-state index in [9.17, 15) is 0 Å². The lowest BCUT2D eigenvalue weighted by atomic mass is 9.97. The van der Waals surface area contributed by atoms with Crippen molar-refractivity contribution in [2.75, 3.05) is 13.2 Å². The summed E-state index contributed by atoms with van der Waals surface area (Å²) in [6, 6.07) is 8.13. The Hall–Kier alpha value is -1.10. The molecule has 0 saturated heterocycles. The summed E-state index contributed by atoms with van der Waals surface area (Å²) in [5.74, 6) is 0. The van der Waals surface area contributed by atoms with E-state index in [2.05, 4.69) is 11.2 Å². The zero-order valence-electron chi connectivity index (χ0n) is 9.72. The summed E-state index contributed by atoms with van der Waals surface area (Å²) in [5.41, 5.74) is 7.55. The lowest BCUT2D eigenvalue weighted by molar-refractivity contribution is -0.0589. The third-order valence-electron chi connectivity index (χ3n) is 3.26. The van der Waals surface area contributed by atoms with Crippen LogP contribution in [-0.2, 0) is 16.9 Å². The largest absolute Gasteiger partial charge is 0.366 e. The van der Waals surface area contributed by atoms with E-state index in [0.717, 1.165) is 23.1 Å². The molecule has 0 spiro atoms. The van der Waals surface area contributed by atoms with Crippen molar-refractivity contribution in [2.24, 2.45) is 5.73 Å². The quantitative estimate of drug-likeness (QED) is 0.841. The SMILES string of the molecule is CC1(CN)OCCn2nc3ccccc3c21.Cl. The maximum atomic E-state index is 5.84. The molecule has 5 heteroatoms. The Morgan fingerprint density at radius 2 is 2.24 bits per heavy atom. The fourth-order valence-electron chi connectivity index (χ4n) is 2.38. The second-order valence-corrected chi connectivity index (χ2v) is 4.37. The van der Waals surface area contributed by atoms with Crippen molar-refractivity contribution in [3.05, 3.63) is 30.0 Å². The minimum atomic E-state index is -0.408. The van der Waals surface area contributed by atoms with Crippen LogP contribution in [-0.4, -0.2) is 22.9 Å². The lowest BCUT2D eigenvalue weighted by Gasteiger charge is -2.33. The van der Waals surface area contributed by atoms with Gasteiger partial charge in [0.25, 0.3) is 0 Å². The highest BCUT2D eigenvalue weighted by Gasteiger charge is 2.35. The van der Waals surface area contributed by atoms with Crippen LogP contribution in [0.4, 0.5) is 0 Å². The summed E-state index contributed by atoms with van der Waals surface area (Å²) < 4.78 is 7.85. The standard InChI is InChI=1S/C12H15N3O.ClH/c1-12(8-13)11-9-4-2-3-5-10(9)14-15(11)6-7-16-12;/h2-5H,6-8,13H2,1H3;1H. The molecule has 2 aromatic rings. The minimum Gasteiger partial charge on any atom is -0.366 e. The number of aromatic nitrogens is 2. The molecule has 1 atom stereocenters. The second kappa shape index (κ2) is 4.29. The third kappa shape index (κ3) is 1.73. The molecular weight excluding hydrogens is 238 g/mol. The van der Waals surface area contributed by atoms with E-state index >= 15 is 0 Å². The van der Waals surface area contributed by atoms with Crippen LogP contribution < -0.4 is 5.73 Å². The van der Waals surface area contributed by atoms with Gasteiger partial charge in [-0.15, -0.1) is 12.4 Å². The van der Waals surface area contributed by atoms with Crippen molar-refractivity contribution in [2.45, 2.75) is 19.1 Å². The molecular formula is C12H16ClN3O. The van der Waals surface area contributed by atoms with E-state index in [4.69, 9.17) is 10.5 Å². The highest BCUT2D eigenvalue weighted by atomic mass is 35.5. The van der Waals surface area contributed by atoms with E-state index in [-0.39, 0.29) is 12.4 Å². The van der Waals surface area contributed by atoms with Gasteiger partial charge in [-0.1, -0.05) is 18.2 Å². The average Bonchev–Trinajstić information content (AvgIpc) is 2.69. The topological polar surface area (TPSA) is 53.1 Å². The average molecular weight is 254 g/mol. The monoisotopic (exact) mass is 253 g/mol. The molecule has 0 bridgehead atoms. The number of halogens is 1. The summed E-state index contributed by atoms with van der Waals surface area (Å²) in [7, 11) is 0. The number of hydrogen-bond acceptors (Lipinski definition) is 3. The molecule has 1 aromatic carbocycles. The predicted octanol–water partition coefficient (Wildman–Crippen LogP) is 1.66. The molecule has 1 aromatic heterocycles. The number of rotatable bonds is 1. The molecule has 0 radical (unpaired) electrons. The number of nitrogens with zero attached hydrogens (tertiary/aromatic N) is 2. The summed E-state index contributed by atoms with van der Waals surface area (Å²) in [6.45, 7) is 3.99. The van der Waals surface area contributed by atoms with Gasteiger partial charge in [0, 0.05) is 11.9 Å². The zero-order chi connectivity index (χ0) is 11.2. The second-order valence-electron chi connectivity index (χ2n) is 4.37. The van der Waals surface area contributed by atoms with Gasteiger partial charge in [-0.25, -0.2) is 0 Å². The Labute approximate surface area is 106 Å². The first-order valence-electron chi connectivity index (χ1n) is 5.55. The molecule has 0 fully saturated rings. The van der Waals surface area contributed by atoms with Crippen LogP contribution in [0, 0.1) is 0 Å². The van der Waals surface area contributed by atoms with Gasteiger partial charge in [-0.3, -0.25) is 4.68 Å². The van der Waals surface area contributed by atoms with E-state index in [1.54, 1.807) is 0 Å². The summed E-state index contributed by atoms with van der Waals surface area (Å²) >= 11 is 0. The first-order chi connectivity index (χ1) is 7.74. The highest BCUT2D eigenvalue weighted by Crippen LogP contribution is 2.33. The molecule has 4 nitrogen and oxygen atoms in total. The normalized spacial score (nSPS) is 23.2. The molecule has 0 amide bonds. The van der Waals surface area contributed by atoms with Gasteiger partial charge in [-0.05, 0) is 13.0 Å². The van der Waals surface area contributed by atoms with Crippen molar-refractivity contribution < 1.29 is 4.74 Å². The van der Waals surface area contributed by atoms with Gasteiger partial charge in [0.2, 0.25) is 0 Å². The Balaban J connectivity index is 0.00000108. The molecule has 2 heterocycles. The van der Waals surface area contributed by atoms with Crippen LogP contribution in [0.15, 0.2) is 24.3 Å². The van der Waals surface area contributed by atoms with Crippen LogP contribution in [0.1, 0.15) is 12.6 Å². The fourth-order valence-corrected chi connectivity index (χ4v) is 2.38. The fraction of sp³-hybridized carbons (Fsp3) is 0.417.